The van der Waals surface area contributed by atoms with Gasteiger partial charge in [0.1, 0.15) is 17.3 Å². The molecule has 140 valence electrons. The third-order valence-corrected chi connectivity index (χ3v) is 5.42. The lowest BCUT2D eigenvalue weighted by Crippen LogP contribution is -2.33. The van der Waals surface area contributed by atoms with E-state index < -0.39 is 0 Å². The zero-order chi connectivity index (χ0) is 18.8. The van der Waals surface area contributed by atoms with Crippen molar-refractivity contribution in [2.24, 2.45) is 0 Å². The van der Waals surface area contributed by atoms with E-state index in [2.05, 4.69) is 20.4 Å². The van der Waals surface area contributed by atoms with Crippen molar-refractivity contribution in [3.8, 4) is 0 Å². The van der Waals surface area contributed by atoms with E-state index in [-0.39, 0.29) is 17.8 Å². The minimum absolute atomic E-state index is 0.146. The molecule has 27 heavy (non-hydrogen) atoms. The van der Waals surface area contributed by atoms with Crippen LogP contribution in [0.25, 0.3) is 0 Å². The number of halogens is 1. The summed E-state index contributed by atoms with van der Waals surface area (Å²) in [6.07, 6.45) is 3.07. The molecule has 3 aromatic rings. The van der Waals surface area contributed by atoms with E-state index in [4.69, 9.17) is 0 Å². The van der Waals surface area contributed by atoms with Crippen molar-refractivity contribution >= 4 is 17.2 Å². The summed E-state index contributed by atoms with van der Waals surface area (Å²) in [5, 5.41) is 10.0. The van der Waals surface area contributed by atoms with Gasteiger partial charge in [-0.15, -0.1) is 11.3 Å². The van der Waals surface area contributed by atoms with Gasteiger partial charge in [-0.1, -0.05) is 19.1 Å². The van der Waals surface area contributed by atoms with E-state index >= 15 is 0 Å². The number of nitrogens with one attached hydrogen (secondary N) is 1. The third kappa shape index (κ3) is 3.90. The number of aryl methyl sites for hydroxylation is 2. The SMILES string of the molecule is CCc1nc2n(n1)CCCC2NC(=O)c1csc(Cc2cccc(F)c2)n1. The monoisotopic (exact) mass is 385 g/mol. The first kappa shape index (κ1) is 17.8. The van der Waals surface area contributed by atoms with Gasteiger partial charge in [0.25, 0.3) is 5.91 Å². The largest absolute Gasteiger partial charge is 0.341 e. The second-order valence-electron chi connectivity index (χ2n) is 6.56. The number of benzene rings is 1. The lowest BCUT2D eigenvalue weighted by atomic mass is 10.1. The molecule has 8 heteroatoms. The van der Waals surface area contributed by atoms with Crippen LogP contribution in [0, 0.1) is 5.82 Å². The number of nitrogens with zero attached hydrogens (tertiary/aromatic N) is 4. The Labute approximate surface area is 160 Å². The number of carbonyl (C=O) groups is 1. The Hall–Kier alpha value is -2.61. The van der Waals surface area contributed by atoms with Gasteiger partial charge in [-0.25, -0.2) is 19.0 Å². The number of thiazole rings is 1. The highest BCUT2D eigenvalue weighted by atomic mass is 32.1. The standard InChI is InChI=1S/C19H20FN5OS/c1-2-16-23-18-14(7-4-8-25(18)24-16)22-19(26)15-11-27-17(21-15)10-12-5-3-6-13(20)9-12/h3,5-6,9,11,14H,2,4,7-8,10H2,1H3,(H,22,26). The molecule has 1 amide bonds. The number of aromatic nitrogens is 4. The van der Waals surface area contributed by atoms with Crippen LogP contribution >= 0.6 is 11.3 Å². The van der Waals surface area contributed by atoms with Gasteiger partial charge < -0.3 is 5.32 Å². The molecule has 0 bridgehead atoms. The van der Waals surface area contributed by atoms with E-state index in [0.717, 1.165) is 48.0 Å². The van der Waals surface area contributed by atoms with Crippen LogP contribution in [-0.2, 0) is 19.4 Å². The van der Waals surface area contributed by atoms with Gasteiger partial charge in [0.2, 0.25) is 0 Å². The Balaban J connectivity index is 1.45. The zero-order valence-electron chi connectivity index (χ0n) is 15.0. The van der Waals surface area contributed by atoms with E-state index in [1.165, 1.54) is 23.5 Å². The van der Waals surface area contributed by atoms with Gasteiger partial charge in [-0.3, -0.25) is 4.79 Å². The number of hydrogen-bond acceptors (Lipinski definition) is 5. The highest BCUT2D eigenvalue weighted by molar-refractivity contribution is 7.09. The minimum Gasteiger partial charge on any atom is -0.341 e. The number of fused-ring (bicyclic) bond motifs is 1. The van der Waals surface area contributed by atoms with Gasteiger partial charge in [0.05, 0.1) is 11.0 Å². The average Bonchev–Trinajstić information content (AvgIpc) is 3.29. The average molecular weight is 385 g/mol. The second-order valence-corrected chi connectivity index (χ2v) is 7.51. The van der Waals surface area contributed by atoms with E-state index in [9.17, 15) is 9.18 Å². The lowest BCUT2D eigenvalue weighted by molar-refractivity contribution is 0.0922. The summed E-state index contributed by atoms with van der Waals surface area (Å²) >= 11 is 1.41. The van der Waals surface area contributed by atoms with Crippen LogP contribution in [0.15, 0.2) is 29.6 Å². The molecule has 1 aliphatic heterocycles. The summed E-state index contributed by atoms with van der Waals surface area (Å²) in [6, 6.07) is 6.28. The number of hydrogen-bond donors (Lipinski definition) is 1. The summed E-state index contributed by atoms with van der Waals surface area (Å²) in [7, 11) is 0. The Bertz CT molecular complexity index is 967. The maximum atomic E-state index is 13.3. The topological polar surface area (TPSA) is 72.7 Å². The first-order valence-electron chi connectivity index (χ1n) is 9.05. The fourth-order valence-electron chi connectivity index (χ4n) is 3.24. The Morgan fingerprint density at radius 2 is 2.30 bits per heavy atom. The van der Waals surface area contributed by atoms with Gasteiger partial charge in [-0.05, 0) is 30.5 Å². The minimum atomic E-state index is -0.269. The molecule has 1 atom stereocenters. The van der Waals surface area contributed by atoms with E-state index in [1.807, 2.05) is 17.7 Å². The lowest BCUT2D eigenvalue weighted by Gasteiger charge is -2.22. The van der Waals surface area contributed by atoms with Crippen molar-refractivity contribution in [3.63, 3.8) is 0 Å². The highest BCUT2D eigenvalue weighted by Gasteiger charge is 2.26. The van der Waals surface area contributed by atoms with Crippen LogP contribution in [0.3, 0.4) is 0 Å². The normalized spacial score (nSPS) is 16.1. The van der Waals surface area contributed by atoms with Gasteiger partial charge in [0, 0.05) is 24.8 Å². The van der Waals surface area contributed by atoms with Crippen molar-refractivity contribution in [1.29, 1.82) is 0 Å². The highest BCUT2D eigenvalue weighted by Crippen LogP contribution is 2.24. The maximum absolute atomic E-state index is 13.3. The maximum Gasteiger partial charge on any atom is 0.271 e. The fourth-order valence-corrected chi connectivity index (χ4v) is 4.04. The van der Waals surface area contributed by atoms with Crippen LogP contribution in [-0.4, -0.2) is 25.7 Å². The summed E-state index contributed by atoms with van der Waals surface area (Å²) in [5.41, 5.74) is 1.22. The summed E-state index contributed by atoms with van der Waals surface area (Å²) in [6.45, 7) is 2.85. The Kier molecular flexibility index (Phi) is 4.98. The first-order valence-corrected chi connectivity index (χ1v) is 9.93. The molecule has 1 aliphatic rings. The van der Waals surface area contributed by atoms with Crippen molar-refractivity contribution < 1.29 is 9.18 Å². The third-order valence-electron chi connectivity index (χ3n) is 4.57. The number of amides is 1. The number of rotatable bonds is 5. The molecule has 1 unspecified atom stereocenters. The molecule has 4 rings (SSSR count). The molecule has 0 radical (unpaired) electrons. The molecular formula is C19H20FN5OS. The molecular weight excluding hydrogens is 365 g/mol. The Morgan fingerprint density at radius 3 is 3.11 bits per heavy atom. The molecule has 0 aliphatic carbocycles. The predicted molar refractivity (Wildman–Crippen MR) is 100 cm³/mol. The van der Waals surface area contributed by atoms with Crippen LogP contribution in [0.4, 0.5) is 4.39 Å². The van der Waals surface area contributed by atoms with Crippen molar-refractivity contribution in [2.75, 3.05) is 0 Å². The van der Waals surface area contributed by atoms with Crippen LogP contribution in [0.2, 0.25) is 0 Å². The molecule has 2 aromatic heterocycles. The summed E-state index contributed by atoms with van der Waals surface area (Å²) < 4.78 is 15.2. The first-order chi connectivity index (χ1) is 13.1. The van der Waals surface area contributed by atoms with Crippen LogP contribution in [0.1, 0.15) is 58.5 Å². The van der Waals surface area contributed by atoms with Gasteiger partial charge in [0.15, 0.2) is 5.82 Å². The molecule has 1 N–H and O–H groups in total. The number of carbonyl (C=O) groups excluding carboxylic acids is 1. The molecule has 0 saturated carbocycles. The van der Waals surface area contributed by atoms with E-state index in [1.54, 1.807) is 11.4 Å². The molecule has 0 fully saturated rings. The van der Waals surface area contributed by atoms with Crippen molar-refractivity contribution in [1.82, 2.24) is 25.1 Å². The molecule has 3 heterocycles. The molecule has 0 saturated heterocycles. The molecule has 1 aromatic carbocycles. The molecule has 0 spiro atoms. The van der Waals surface area contributed by atoms with Crippen LogP contribution in [0.5, 0.6) is 0 Å². The van der Waals surface area contributed by atoms with Crippen molar-refractivity contribution in [3.05, 3.63) is 63.4 Å². The summed E-state index contributed by atoms with van der Waals surface area (Å²) in [5.74, 6) is 1.14. The molecule has 6 nitrogen and oxygen atoms in total. The fraction of sp³-hybridized carbons (Fsp3) is 0.368. The van der Waals surface area contributed by atoms with Gasteiger partial charge >= 0.3 is 0 Å². The van der Waals surface area contributed by atoms with E-state index in [0.29, 0.717) is 12.1 Å². The predicted octanol–water partition coefficient (Wildman–Crippen LogP) is 3.29. The van der Waals surface area contributed by atoms with Crippen LogP contribution < -0.4 is 5.32 Å². The summed E-state index contributed by atoms with van der Waals surface area (Å²) in [4.78, 5) is 21.6. The Morgan fingerprint density at radius 1 is 1.41 bits per heavy atom. The zero-order valence-corrected chi connectivity index (χ0v) is 15.8. The van der Waals surface area contributed by atoms with Crippen molar-refractivity contribution in [2.45, 2.75) is 45.2 Å². The quantitative estimate of drug-likeness (QED) is 0.731. The van der Waals surface area contributed by atoms with Gasteiger partial charge in [-0.2, -0.15) is 5.10 Å². The second kappa shape index (κ2) is 7.56. The smallest absolute Gasteiger partial charge is 0.271 e.